The first-order chi connectivity index (χ1) is 9.90. The number of nitrogens with zero attached hydrogens (tertiary/aromatic N) is 2. The number of rotatable bonds is 2. The first-order valence-corrected chi connectivity index (χ1v) is 6.96. The molecule has 7 heteroatoms. The van der Waals surface area contributed by atoms with E-state index in [0.717, 1.165) is 0 Å². The van der Waals surface area contributed by atoms with Crippen LogP contribution in [0.15, 0.2) is 21.1 Å². The Morgan fingerprint density at radius 1 is 1.33 bits per heavy atom. The van der Waals surface area contributed by atoms with Crippen LogP contribution < -0.4 is 4.90 Å². The van der Waals surface area contributed by atoms with E-state index in [-0.39, 0.29) is 22.3 Å². The van der Waals surface area contributed by atoms with E-state index in [1.54, 1.807) is 13.8 Å². The van der Waals surface area contributed by atoms with Crippen molar-refractivity contribution in [2.24, 2.45) is 0 Å². The zero-order valence-corrected chi connectivity index (χ0v) is 12.8. The highest BCUT2D eigenvalue weighted by atomic mass is 79.9. The first-order valence-electron chi connectivity index (χ1n) is 6.17. The average Bonchev–Trinajstić information content (AvgIpc) is 2.86. The van der Waals surface area contributed by atoms with Crippen LogP contribution in [0, 0.1) is 19.7 Å². The highest BCUT2D eigenvalue weighted by molar-refractivity contribution is 9.10. The van der Waals surface area contributed by atoms with E-state index in [0.29, 0.717) is 17.0 Å². The maximum Gasteiger partial charge on any atom is 0.299 e. The minimum atomic E-state index is -0.678. The quantitative estimate of drug-likeness (QED) is 0.779. The Bertz CT molecular complexity index is 765. The van der Waals surface area contributed by atoms with E-state index >= 15 is 0 Å². The van der Waals surface area contributed by atoms with Gasteiger partial charge in [0.2, 0.25) is 0 Å². The second-order valence-electron chi connectivity index (χ2n) is 4.81. The number of aromatic nitrogens is 1. The van der Waals surface area contributed by atoms with Crippen LogP contribution in [0.4, 0.5) is 10.1 Å². The van der Waals surface area contributed by atoms with E-state index in [1.165, 1.54) is 17.0 Å². The lowest BCUT2D eigenvalue weighted by Gasteiger charge is -2.16. The van der Waals surface area contributed by atoms with Crippen molar-refractivity contribution < 1.29 is 18.5 Å². The van der Waals surface area contributed by atoms with Gasteiger partial charge in [-0.05, 0) is 41.9 Å². The van der Waals surface area contributed by atoms with Crippen molar-refractivity contribution in [3.63, 3.8) is 0 Å². The summed E-state index contributed by atoms with van der Waals surface area (Å²) in [5.74, 6) is -1.28. The van der Waals surface area contributed by atoms with Gasteiger partial charge in [0, 0.05) is 5.56 Å². The number of amides is 1. The summed E-state index contributed by atoms with van der Waals surface area (Å²) in [6.07, 6.45) is 0. The highest BCUT2D eigenvalue weighted by Gasteiger charge is 2.37. The van der Waals surface area contributed by atoms with Crippen molar-refractivity contribution >= 4 is 33.3 Å². The van der Waals surface area contributed by atoms with Gasteiger partial charge in [-0.3, -0.25) is 9.59 Å². The van der Waals surface area contributed by atoms with Gasteiger partial charge in [0.15, 0.2) is 0 Å². The van der Waals surface area contributed by atoms with Gasteiger partial charge < -0.3 is 9.42 Å². The monoisotopic (exact) mass is 352 g/mol. The zero-order valence-electron chi connectivity index (χ0n) is 11.2. The molecule has 1 aliphatic rings. The van der Waals surface area contributed by atoms with Crippen molar-refractivity contribution in [2.45, 2.75) is 20.4 Å². The third-order valence-corrected chi connectivity index (χ3v) is 4.12. The van der Waals surface area contributed by atoms with Crippen molar-refractivity contribution in [3.8, 4) is 0 Å². The van der Waals surface area contributed by atoms with Gasteiger partial charge in [-0.15, -0.1) is 0 Å². The molecule has 0 radical (unpaired) electrons. The number of anilines is 1. The molecule has 0 N–H and O–H groups in total. The van der Waals surface area contributed by atoms with E-state index < -0.39 is 17.5 Å². The lowest BCUT2D eigenvalue weighted by atomic mass is 10.1. The number of halogens is 2. The lowest BCUT2D eigenvalue weighted by molar-refractivity contribution is -0.114. The van der Waals surface area contributed by atoms with Gasteiger partial charge in [0.25, 0.3) is 11.7 Å². The molecule has 1 aromatic carbocycles. The van der Waals surface area contributed by atoms with Gasteiger partial charge in [-0.2, -0.15) is 0 Å². The number of benzene rings is 1. The Labute approximate surface area is 127 Å². The molecule has 108 valence electrons. The predicted octanol–water partition coefficient (Wildman–Crippen LogP) is 2.92. The second kappa shape index (κ2) is 4.77. The molecule has 1 aliphatic heterocycles. The Kier molecular flexibility index (Phi) is 3.16. The van der Waals surface area contributed by atoms with Crippen LogP contribution in [-0.2, 0) is 11.3 Å². The van der Waals surface area contributed by atoms with Crippen LogP contribution >= 0.6 is 15.9 Å². The molecule has 2 heterocycles. The smallest absolute Gasteiger partial charge is 0.299 e. The summed E-state index contributed by atoms with van der Waals surface area (Å²) in [6.45, 7) is 3.60. The molecule has 5 nitrogen and oxygen atoms in total. The van der Waals surface area contributed by atoms with Crippen LogP contribution in [0.25, 0.3) is 0 Å². The molecule has 3 rings (SSSR count). The fourth-order valence-corrected chi connectivity index (χ4v) is 2.67. The Hall–Kier alpha value is -2.02. The highest BCUT2D eigenvalue weighted by Crippen LogP contribution is 2.34. The fraction of sp³-hybridized carbons (Fsp3) is 0.214. The molecule has 1 amide bonds. The zero-order chi connectivity index (χ0) is 15.3. The molecule has 0 saturated carbocycles. The molecular weight excluding hydrogens is 343 g/mol. The largest absolute Gasteiger partial charge is 0.361 e. The standard InChI is InChI=1S/C14H10BrFN2O3/c1-6-9(7(2)21-17-6)5-18-12-4-11(16)10(15)3-8(12)13(19)14(18)20/h3-4H,5H2,1-2H3. The van der Waals surface area contributed by atoms with Crippen molar-refractivity contribution in [3.05, 3.63) is 45.0 Å². The number of carbonyl (C=O) groups is 2. The number of ketones is 1. The van der Waals surface area contributed by atoms with E-state index in [4.69, 9.17) is 4.52 Å². The van der Waals surface area contributed by atoms with Gasteiger partial charge in [0.1, 0.15) is 11.6 Å². The molecule has 1 aromatic heterocycles. The summed E-state index contributed by atoms with van der Waals surface area (Å²) in [5.41, 5.74) is 1.82. The van der Waals surface area contributed by atoms with Crippen LogP contribution in [0.5, 0.6) is 0 Å². The molecule has 0 aliphatic carbocycles. The number of fused-ring (bicyclic) bond motifs is 1. The summed E-state index contributed by atoms with van der Waals surface area (Å²) in [4.78, 5) is 25.4. The first kappa shape index (κ1) is 13.9. The third-order valence-electron chi connectivity index (χ3n) is 3.51. The third kappa shape index (κ3) is 2.08. The maximum atomic E-state index is 13.7. The number of Topliss-reactive ketones (excluding diaryl/α,β-unsaturated/α-hetero) is 1. The van der Waals surface area contributed by atoms with Gasteiger partial charge in [-0.1, -0.05) is 5.16 Å². The van der Waals surface area contributed by atoms with Gasteiger partial charge in [-0.25, -0.2) is 4.39 Å². The number of hydrogen-bond donors (Lipinski definition) is 0. The number of carbonyl (C=O) groups excluding carboxylic acids is 2. The molecule has 2 aromatic rings. The average molecular weight is 353 g/mol. The molecule has 0 fully saturated rings. The van der Waals surface area contributed by atoms with Crippen molar-refractivity contribution in [2.75, 3.05) is 4.90 Å². The fourth-order valence-electron chi connectivity index (χ4n) is 2.33. The van der Waals surface area contributed by atoms with Gasteiger partial charge >= 0.3 is 0 Å². The number of aryl methyl sites for hydroxylation is 2. The Balaban J connectivity index is 2.08. The van der Waals surface area contributed by atoms with Crippen LogP contribution in [-0.4, -0.2) is 16.8 Å². The lowest BCUT2D eigenvalue weighted by Crippen LogP contribution is -2.29. The Morgan fingerprint density at radius 2 is 2.05 bits per heavy atom. The SMILES string of the molecule is Cc1noc(C)c1CN1C(=O)C(=O)c2cc(Br)c(F)cc21. The molecule has 0 atom stereocenters. The molecule has 21 heavy (non-hydrogen) atoms. The normalized spacial score (nSPS) is 14.0. The van der Waals surface area contributed by atoms with E-state index in [1.807, 2.05) is 0 Å². The summed E-state index contributed by atoms with van der Waals surface area (Å²) >= 11 is 3.02. The summed E-state index contributed by atoms with van der Waals surface area (Å²) in [5, 5.41) is 3.81. The predicted molar refractivity (Wildman–Crippen MR) is 75.6 cm³/mol. The molecule has 0 spiro atoms. The molecule has 0 unspecified atom stereocenters. The Morgan fingerprint density at radius 3 is 2.67 bits per heavy atom. The number of hydrogen-bond acceptors (Lipinski definition) is 4. The molecule has 0 saturated heterocycles. The van der Waals surface area contributed by atoms with Crippen LogP contribution in [0.2, 0.25) is 0 Å². The minimum Gasteiger partial charge on any atom is -0.361 e. The van der Waals surface area contributed by atoms with Crippen molar-refractivity contribution in [1.82, 2.24) is 5.16 Å². The molecular formula is C14H10BrFN2O3. The van der Waals surface area contributed by atoms with Gasteiger partial charge in [0.05, 0.1) is 28.0 Å². The minimum absolute atomic E-state index is 0.125. The maximum absolute atomic E-state index is 13.7. The van der Waals surface area contributed by atoms with E-state index in [9.17, 15) is 14.0 Å². The second-order valence-corrected chi connectivity index (χ2v) is 5.66. The summed E-state index contributed by atoms with van der Waals surface area (Å²) in [6, 6.07) is 2.51. The topological polar surface area (TPSA) is 63.4 Å². The molecule has 0 bridgehead atoms. The van der Waals surface area contributed by atoms with Crippen LogP contribution in [0.3, 0.4) is 0 Å². The van der Waals surface area contributed by atoms with Crippen molar-refractivity contribution in [1.29, 1.82) is 0 Å². The summed E-state index contributed by atoms with van der Waals surface area (Å²) in [7, 11) is 0. The van der Waals surface area contributed by atoms with Crippen LogP contribution in [0.1, 0.15) is 27.4 Å². The summed E-state index contributed by atoms with van der Waals surface area (Å²) < 4.78 is 18.9. The van der Waals surface area contributed by atoms with E-state index in [2.05, 4.69) is 21.1 Å².